The van der Waals surface area contributed by atoms with Gasteiger partial charge in [-0.2, -0.15) is 0 Å². The lowest BCUT2D eigenvalue weighted by Gasteiger charge is -2.27. The maximum Gasteiger partial charge on any atom is 0.414 e. The van der Waals surface area contributed by atoms with Gasteiger partial charge in [-0.25, -0.2) is 13.2 Å². The Hall–Kier alpha value is -2.24. The highest BCUT2D eigenvalue weighted by molar-refractivity contribution is 7.92. The van der Waals surface area contributed by atoms with E-state index >= 15 is 0 Å². The number of carbonyl (C=O) groups excluding carboxylic acids is 2. The van der Waals surface area contributed by atoms with Crippen molar-refractivity contribution >= 4 is 39.2 Å². The molecule has 1 aromatic rings. The second-order valence-corrected chi connectivity index (χ2v) is 9.44. The predicted octanol–water partition coefficient (Wildman–Crippen LogP) is 2.79. The molecule has 2 unspecified atom stereocenters. The van der Waals surface area contributed by atoms with E-state index in [0.29, 0.717) is 16.3 Å². The number of ether oxygens (including phenoxy) is 2. The van der Waals surface area contributed by atoms with Crippen LogP contribution in [0.4, 0.5) is 10.5 Å². The summed E-state index contributed by atoms with van der Waals surface area (Å²) in [5, 5.41) is 0.385. The number of anilines is 1. The van der Waals surface area contributed by atoms with E-state index in [0.717, 1.165) is 6.26 Å². The summed E-state index contributed by atoms with van der Waals surface area (Å²) in [6, 6.07) is 4.95. The van der Waals surface area contributed by atoms with Crippen molar-refractivity contribution in [3.05, 3.63) is 28.8 Å². The smallest absolute Gasteiger partial charge is 0.414 e. The number of hydrogen-bond acceptors (Lipinski definition) is 6. The third-order valence-electron chi connectivity index (χ3n) is 4.54. The molecule has 0 aliphatic carbocycles. The third-order valence-corrected chi connectivity index (χ3v) is 6.82. The molecule has 1 heterocycles. The summed E-state index contributed by atoms with van der Waals surface area (Å²) < 4.78 is 32.9. The van der Waals surface area contributed by atoms with Crippen molar-refractivity contribution < 1.29 is 27.5 Å². The average molecular weight is 428 g/mol. The molecule has 0 bridgehead atoms. The normalized spacial score (nSPS) is 18.7. The molecule has 2 rings (SSSR count). The van der Waals surface area contributed by atoms with Crippen LogP contribution in [0.1, 0.15) is 32.8 Å². The Labute approximate surface area is 169 Å². The molecule has 9 heteroatoms. The number of amides is 1. The zero-order valence-corrected chi connectivity index (χ0v) is 17.7. The van der Waals surface area contributed by atoms with Gasteiger partial charge in [0.25, 0.3) is 0 Å². The molecule has 1 aromatic carbocycles. The van der Waals surface area contributed by atoms with E-state index in [1.807, 2.05) is 0 Å². The first kappa shape index (κ1) is 22.1. The summed E-state index contributed by atoms with van der Waals surface area (Å²) in [6.45, 7) is 4.69. The maximum absolute atomic E-state index is 12.3. The largest absolute Gasteiger partial charge is 0.465 e. The summed E-state index contributed by atoms with van der Waals surface area (Å²) in [5.74, 6) is 4.74. The van der Waals surface area contributed by atoms with Crippen LogP contribution < -0.4 is 4.90 Å². The van der Waals surface area contributed by atoms with E-state index in [-0.39, 0.29) is 19.6 Å². The zero-order chi connectivity index (χ0) is 21.1. The molecular weight excluding hydrogens is 406 g/mol. The van der Waals surface area contributed by atoms with Gasteiger partial charge in [0, 0.05) is 23.9 Å². The van der Waals surface area contributed by atoms with Crippen LogP contribution in [-0.2, 0) is 24.1 Å². The quantitative estimate of drug-likeness (QED) is 0.512. The SMILES string of the molecule is CC#Cc1ccc(N2CC(CC(C)(C(=O)OCC)S(C)(=O)=O)OC2=O)cc1Cl. The van der Waals surface area contributed by atoms with Gasteiger partial charge in [0.15, 0.2) is 14.6 Å². The molecule has 152 valence electrons. The van der Waals surface area contributed by atoms with E-state index in [1.165, 1.54) is 11.8 Å². The van der Waals surface area contributed by atoms with Crippen LogP contribution in [0.15, 0.2) is 18.2 Å². The standard InChI is InChI=1S/C19H22ClNO6S/c1-5-7-13-8-9-14(10-16(13)20)21-12-15(27-18(21)23)11-19(3,28(4,24)25)17(22)26-6-2/h8-10,15H,6,11-12H2,1-4H3. The van der Waals surface area contributed by atoms with E-state index in [9.17, 15) is 18.0 Å². The van der Waals surface area contributed by atoms with E-state index in [4.69, 9.17) is 21.1 Å². The molecule has 0 radical (unpaired) electrons. The predicted molar refractivity (Wildman–Crippen MR) is 106 cm³/mol. The minimum atomic E-state index is -3.81. The van der Waals surface area contributed by atoms with Crippen LogP contribution in [-0.4, -0.2) is 50.7 Å². The highest BCUT2D eigenvalue weighted by Gasteiger charge is 2.49. The van der Waals surface area contributed by atoms with Crippen LogP contribution in [0.5, 0.6) is 0 Å². The first-order chi connectivity index (χ1) is 13.0. The third kappa shape index (κ3) is 4.42. The van der Waals surface area contributed by atoms with Crippen molar-refractivity contribution in [1.29, 1.82) is 0 Å². The van der Waals surface area contributed by atoms with Gasteiger partial charge in [-0.3, -0.25) is 9.69 Å². The molecule has 1 aliphatic rings. The molecule has 0 N–H and O–H groups in total. The Morgan fingerprint density at radius 1 is 1.46 bits per heavy atom. The fourth-order valence-corrected chi connectivity index (χ4v) is 3.92. The van der Waals surface area contributed by atoms with Crippen LogP contribution in [0.25, 0.3) is 0 Å². The summed E-state index contributed by atoms with van der Waals surface area (Å²) in [4.78, 5) is 25.9. The number of cyclic esters (lactones) is 1. The minimum absolute atomic E-state index is 0.0476. The van der Waals surface area contributed by atoms with Crippen LogP contribution >= 0.6 is 11.6 Å². The topological polar surface area (TPSA) is 90.0 Å². The number of rotatable bonds is 6. The molecule has 1 fully saturated rings. The first-order valence-corrected chi connectivity index (χ1v) is 10.9. The zero-order valence-electron chi connectivity index (χ0n) is 16.1. The second kappa shape index (κ2) is 8.41. The van der Waals surface area contributed by atoms with Gasteiger partial charge in [0.05, 0.1) is 18.2 Å². The molecule has 1 saturated heterocycles. The number of hydrogen-bond donors (Lipinski definition) is 0. The monoisotopic (exact) mass is 427 g/mol. The maximum atomic E-state index is 12.3. The fourth-order valence-electron chi connectivity index (χ4n) is 2.85. The van der Waals surface area contributed by atoms with E-state index in [1.54, 1.807) is 32.0 Å². The Morgan fingerprint density at radius 2 is 2.14 bits per heavy atom. The molecule has 1 aliphatic heterocycles. The molecule has 7 nitrogen and oxygen atoms in total. The van der Waals surface area contributed by atoms with Gasteiger partial charge in [-0.1, -0.05) is 17.5 Å². The number of benzene rings is 1. The lowest BCUT2D eigenvalue weighted by atomic mass is 10.0. The van der Waals surface area contributed by atoms with Crippen molar-refractivity contribution in [3.63, 3.8) is 0 Å². The van der Waals surface area contributed by atoms with Crippen LogP contribution in [0, 0.1) is 11.8 Å². The summed E-state index contributed by atoms with van der Waals surface area (Å²) >= 11 is 6.19. The van der Waals surface area contributed by atoms with Crippen molar-refractivity contribution in [3.8, 4) is 11.8 Å². The van der Waals surface area contributed by atoms with Crippen molar-refractivity contribution in [2.75, 3.05) is 24.3 Å². The number of halogens is 1. The molecule has 2 atom stereocenters. The van der Waals surface area contributed by atoms with Crippen LogP contribution in [0.3, 0.4) is 0 Å². The molecule has 1 amide bonds. The molecule has 28 heavy (non-hydrogen) atoms. The summed E-state index contributed by atoms with van der Waals surface area (Å²) in [5.41, 5.74) is 1.13. The van der Waals surface area contributed by atoms with Crippen LogP contribution in [0.2, 0.25) is 5.02 Å². The first-order valence-electron chi connectivity index (χ1n) is 8.60. The molecular formula is C19H22ClNO6S. The summed E-state index contributed by atoms with van der Waals surface area (Å²) in [6.07, 6.45) is -0.688. The minimum Gasteiger partial charge on any atom is -0.465 e. The average Bonchev–Trinajstić information content (AvgIpc) is 2.96. The van der Waals surface area contributed by atoms with Gasteiger partial charge < -0.3 is 9.47 Å². The Bertz CT molecular complexity index is 949. The van der Waals surface area contributed by atoms with E-state index in [2.05, 4.69) is 11.8 Å². The number of carbonyl (C=O) groups is 2. The summed E-state index contributed by atoms with van der Waals surface area (Å²) in [7, 11) is -3.81. The highest BCUT2D eigenvalue weighted by Crippen LogP contribution is 2.32. The highest BCUT2D eigenvalue weighted by atomic mass is 35.5. The number of sulfone groups is 1. The molecule has 0 spiro atoms. The van der Waals surface area contributed by atoms with Gasteiger partial charge in [-0.05, 0) is 39.0 Å². The Kier molecular flexibility index (Phi) is 6.63. The number of esters is 1. The molecule has 0 aromatic heterocycles. The Morgan fingerprint density at radius 3 is 2.68 bits per heavy atom. The van der Waals surface area contributed by atoms with Gasteiger partial charge in [0.1, 0.15) is 6.10 Å². The molecule has 0 saturated carbocycles. The van der Waals surface area contributed by atoms with Gasteiger partial charge >= 0.3 is 12.1 Å². The van der Waals surface area contributed by atoms with Gasteiger partial charge in [0.2, 0.25) is 0 Å². The van der Waals surface area contributed by atoms with Crippen molar-refractivity contribution in [2.45, 2.75) is 38.0 Å². The van der Waals surface area contributed by atoms with Crippen molar-refractivity contribution in [1.82, 2.24) is 0 Å². The second-order valence-electron chi connectivity index (χ2n) is 6.58. The van der Waals surface area contributed by atoms with Crippen molar-refractivity contribution in [2.24, 2.45) is 0 Å². The lowest BCUT2D eigenvalue weighted by Crippen LogP contribution is -2.47. The Balaban J connectivity index is 2.25. The lowest BCUT2D eigenvalue weighted by molar-refractivity contribution is -0.146. The fraction of sp³-hybridized carbons (Fsp3) is 0.474. The van der Waals surface area contributed by atoms with E-state index < -0.39 is 32.8 Å². The number of nitrogens with zero attached hydrogens (tertiary/aromatic N) is 1. The van der Waals surface area contributed by atoms with Gasteiger partial charge in [-0.15, -0.1) is 5.92 Å².